The van der Waals surface area contributed by atoms with Gasteiger partial charge in [0.25, 0.3) is 5.56 Å². The summed E-state index contributed by atoms with van der Waals surface area (Å²) in [6.45, 7) is 0.324. The first-order chi connectivity index (χ1) is 13.1. The zero-order valence-electron chi connectivity index (χ0n) is 14.4. The van der Waals surface area contributed by atoms with E-state index in [1.54, 1.807) is 30.7 Å². The van der Waals surface area contributed by atoms with Gasteiger partial charge in [0, 0.05) is 28.5 Å². The molecule has 0 atom stereocenters. The van der Waals surface area contributed by atoms with Gasteiger partial charge in [-0.1, -0.05) is 30.3 Å². The van der Waals surface area contributed by atoms with Gasteiger partial charge >= 0.3 is 5.97 Å². The summed E-state index contributed by atoms with van der Waals surface area (Å²) in [4.78, 5) is 27.8. The van der Waals surface area contributed by atoms with Crippen molar-refractivity contribution in [1.82, 2.24) is 9.55 Å². The molecule has 6 nitrogen and oxygen atoms in total. The summed E-state index contributed by atoms with van der Waals surface area (Å²) in [6.07, 6.45) is 4.76. The Morgan fingerprint density at radius 2 is 1.85 bits per heavy atom. The number of aromatic nitrogens is 2. The van der Waals surface area contributed by atoms with Crippen LogP contribution in [0.4, 0.5) is 0 Å². The fourth-order valence-corrected chi connectivity index (χ4v) is 2.72. The van der Waals surface area contributed by atoms with Crippen LogP contribution in [0.2, 0.25) is 0 Å². The normalized spacial score (nSPS) is 10.4. The second-order valence-corrected chi connectivity index (χ2v) is 6.69. The molecule has 0 spiro atoms. The van der Waals surface area contributed by atoms with Crippen LogP contribution in [0.25, 0.3) is 0 Å². The Labute approximate surface area is 164 Å². The van der Waals surface area contributed by atoms with E-state index >= 15 is 0 Å². The van der Waals surface area contributed by atoms with Crippen LogP contribution >= 0.6 is 15.9 Å². The highest BCUT2D eigenvalue weighted by Gasteiger charge is 2.08. The Morgan fingerprint density at radius 3 is 2.67 bits per heavy atom. The third-order valence-electron chi connectivity index (χ3n) is 3.66. The number of pyridine rings is 2. The molecule has 27 heavy (non-hydrogen) atoms. The average molecular weight is 429 g/mol. The van der Waals surface area contributed by atoms with Crippen molar-refractivity contribution in [2.45, 2.75) is 19.8 Å². The van der Waals surface area contributed by atoms with Gasteiger partial charge in [0.05, 0.1) is 6.20 Å². The van der Waals surface area contributed by atoms with E-state index in [9.17, 15) is 9.59 Å². The number of benzene rings is 1. The second-order valence-electron chi connectivity index (χ2n) is 5.78. The molecular weight excluding hydrogens is 412 g/mol. The Balaban J connectivity index is 1.54. The standard InChI is InChI=1S/C20H17BrN2O4/c21-17-6-7-19(24)23(11-17)12-20(25)27-14-16-8-18(10-22-9-16)26-13-15-4-2-1-3-5-15/h1-11H,12-14H2. The van der Waals surface area contributed by atoms with E-state index in [1.807, 2.05) is 30.3 Å². The molecule has 0 saturated carbocycles. The summed E-state index contributed by atoms with van der Waals surface area (Å²) < 4.78 is 12.9. The lowest BCUT2D eigenvalue weighted by atomic mass is 10.2. The highest BCUT2D eigenvalue weighted by atomic mass is 79.9. The minimum Gasteiger partial charge on any atom is -0.487 e. The number of carbonyl (C=O) groups is 1. The number of ether oxygens (including phenoxy) is 2. The number of hydrogen-bond acceptors (Lipinski definition) is 5. The first-order valence-corrected chi connectivity index (χ1v) is 9.02. The number of halogens is 1. The Kier molecular flexibility index (Phi) is 6.38. The zero-order chi connectivity index (χ0) is 19.1. The van der Waals surface area contributed by atoms with Crippen LogP contribution in [0.5, 0.6) is 5.75 Å². The summed E-state index contributed by atoms with van der Waals surface area (Å²) in [5.74, 6) is 0.0846. The molecule has 0 unspecified atom stereocenters. The highest BCUT2D eigenvalue weighted by molar-refractivity contribution is 9.10. The van der Waals surface area contributed by atoms with Crippen molar-refractivity contribution in [3.8, 4) is 5.75 Å². The van der Waals surface area contributed by atoms with E-state index in [-0.39, 0.29) is 18.7 Å². The van der Waals surface area contributed by atoms with Gasteiger partial charge in [-0.15, -0.1) is 0 Å². The molecule has 0 bridgehead atoms. The van der Waals surface area contributed by atoms with Crippen molar-refractivity contribution < 1.29 is 14.3 Å². The van der Waals surface area contributed by atoms with Crippen molar-refractivity contribution >= 4 is 21.9 Å². The Morgan fingerprint density at radius 1 is 1.04 bits per heavy atom. The fourth-order valence-electron chi connectivity index (χ4n) is 2.34. The van der Waals surface area contributed by atoms with Crippen LogP contribution in [0.15, 0.2) is 76.4 Å². The molecule has 3 aromatic rings. The van der Waals surface area contributed by atoms with Crippen LogP contribution in [0.3, 0.4) is 0 Å². The van der Waals surface area contributed by atoms with Crippen molar-refractivity contribution in [1.29, 1.82) is 0 Å². The number of nitrogens with zero attached hydrogens (tertiary/aromatic N) is 2. The molecule has 0 aliphatic carbocycles. The van der Waals surface area contributed by atoms with Crippen LogP contribution in [-0.2, 0) is 29.3 Å². The van der Waals surface area contributed by atoms with Crippen LogP contribution in [0, 0.1) is 0 Å². The molecule has 0 radical (unpaired) electrons. The third-order valence-corrected chi connectivity index (χ3v) is 4.13. The molecule has 0 N–H and O–H groups in total. The van der Waals surface area contributed by atoms with Gasteiger partial charge in [-0.05, 0) is 33.6 Å². The second kappa shape index (κ2) is 9.14. The molecule has 0 aliphatic heterocycles. The van der Waals surface area contributed by atoms with E-state index in [4.69, 9.17) is 9.47 Å². The lowest BCUT2D eigenvalue weighted by Gasteiger charge is -2.09. The minimum atomic E-state index is -0.509. The molecule has 2 heterocycles. The first-order valence-electron chi connectivity index (χ1n) is 8.22. The van der Waals surface area contributed by atoms with E-state index in [0.717, 1.165) is 5.56 Å². The van der Waals surface area contributed by atoms with Gasteiger partial charge in [-0.3, -0.25) is 14.6 Å². The van der Waals surface area contributed by atoms with Gasteiger partial charge < -0.3 is 14.0 Å². The van der Waals surface area contributed by atoms with Crippen molar-refractivity contribution in [2.24, 2.45) is 0 Å². The summed E-state index contributed by atoms with van der Waals surface area (Å²) >= 11 is 3.27. The number of hydrogen-bond donors (Lipinski definition) is 0. The number of carbonyl (C=O) groups excluding carboxylic acids is 1. The molecule has 0 aliphatic rings. The van der Waals surface area contributed by atoms with Crippen molar-refractivity contribution in [2.75, 3.05) is 0 Å². The average Bonchev–Trinajstić information content (AvgIpc) is 2.69. The van der Waals surface area contributed by atoms with Gasteiger partial charge in [-0.2, -0.15) is 0 Å². The van der Waals surface area contributed by atoms with Gasteiger partial charge in [-0.25, -0.2) is 0 Å². The third kappa shape index (κ3) is 5.79. The molecule has 0 fully saturated rings. The smallest absolute Gasteiger partial charge is 0.326 e. The largest absolute Gasteiger partial charge is 0.487 e. The molecule has 7 heteroatoms. The maximum Gasteiger partial charge on any atom is 0.326 e. The van der Waals surface area contributed by atoms with Gasteiger partial charge in [0.2, 0.25) is 0 Å². The lowest BCUT2D eigenvalue weighted by molar-refractivity contribution is -0.145. The molecule has 0 amide bonds. The van der Waals surface area contributed by atoms with Gasteiger partial charge in [0.1, 0.15) is 25.5 Å². The lowest BCUT2D eigenvalue weighted by Crippen LogP contribution is -2.24. The Bertz CT molecular complexity index is 973. The quantitative estimate of drug-likeness (QED) is 0.539. The summed E-state index contributed by atoms with van der Waals surface area (Å²) in [7, 11) is 0. The summed E-state index contributed by atoms with van der Waals surface area (Å²) in [5, 5.41) is 0. The Hall–Kier alpha value is -2.93. The predicted molar refractivity (Wildman–Crippen MR) is 103 cm³/mol. The maximum atomic E-state index is 12.0. The number of rotatable bonds is 7. The molecule has 0 saturated heterocycles. The molecular formula is C20H17BrN2O4. The maximum absolute atomic E-state index is 12.0. The number of esters is 1. The van der Waals surface area contributed by atoms with E-state index in [1.165, 1.54) is 10.6 Å². The molecule has 3 rings (SSSR count). The monoisotopic (exact) mass is 428 g/mol. The fraction of sp³-hybridized carbons (Fsp3) is 0.150. The van der Waals surface area contributed by atoms with E-state index in [2.05, 4.69) is 20.9 Å². The predicted octanol–water partition coefficient (Wildman–Crippen LogP) is 3.33. The minimum absolute atomic E-state index is 0.0527. The van der Waals surface area contributed by atoms with E-state index < -0.39 is 5.97 Å². The van der Waals surface area contributed by atoms with Crippen LogP contribution < -0.4 is 10.3 Å². The van der Waals surface area contributed by atoms with Gasteiger partial charge in [0.15, 0.2) is 0 Å². The van der Waals surface area contributed by atoms with Crippen LogP contribution in [-0.4, -0.2) is 15.5 Å². The first kappa shape index (κ1) is 18.8. The van der Waals surface area contributed by atoms with Crippen molar-refractivity contribution in [3.05, 3.63) is 93.1 Å². The topological polar surface area (TPSA) is 70.4 Å². The molecule has 1 aromatic carbocycles. The summed E-state index contributed by atoms with van der Waals surface area (Å²) in [5.41, 5.74) is 1.48. The molecule has 138 valence electrons. The SMILES string of the molecule is O=C(Cn1cc(Br)ccc1=O)OCc1cncc(OCc2ccccc2)c1. The van der Waals surface area contributed by atoms with Crippen LogP contribution in [0.1, 0.15) is 11.1 Å². The molecule has 2 aromatic heterocycles. The highest BCUT2D eigenvalue weighted by Crippen LogP contribution is 2.14. The van der Waals surface area contributed by atoms with E-state index in [0.29, 0.717) is 22.4 Å². The zero-order valence-corrected chi connectivity index (χ0v) is 16.0. The summed E-state index contributed by atoms with van der Waals surface area (Å²) in [6, 6.07) is 14.6. The van der Waals surface area contributed by atoms with Crippen molar-refractivity contribution in [3.63, 3.8) is 0 Å².